The summed E-state index contributed by atoms with van der Waals surface area (Å²) in [5.74, 6) is 3.77. The van der Waals surface area contributed by atoms with Crippen molar-refractivity contribution >= 4 is 0 Å². The Hall–Kier alpha value is -3.53. The molecule has 0 aliphatic rings. The molecule has 0 fully saturated rings. The number of imidazole rings is 1. The summed E-state index contributed by atoms with van der Waals surface area (Å²) in [4.78, 5) is 7.54. The fraction of sp³-hybridized carbons (Fsp3) is 0.120. The van der Waals surface area contributed by atoms with Crippen LogP contribution in [0.3, 0.4) is 0 Å². The Kier molecular flexibility index (Phi) is 5.61. The summed E-state index contributed by atoms with van der Waals surface area (Å²) in [5, 5.41) is 0. The maximum atomic E-state index is 5.60. The van der Waals surface area contributed by atoms with Gasteiger partial charge in [0.25, 0.3) is 0 Å². The van der Waals surface area contributed by atoms with Gasteiger partial charge in [-0.25, -0.2) is 4.98 Å². The van der Waals surface area contributed by atoms with Gasteiger partial charge in [-0.15, -0.1) is 0 Å². The van der Waals surface area contributed by atoms with Gasteiger partial charge < -0.3 is 14.5 Å². The van der Waals surface area contributed by atoms with Crippen molar-refractivity contribution in [2.75, 3.05) is 14.2 Å². The highest BCUT2D eigenvalue weighted by Crippen LogP contribution is 2.34. The van der Waals surface area contributed by atoms with Gasteiger partial charge in [-0.2, -0.15) is 0 Å². The largest absolute Gasteiger partial charge is 0.497 e. The van der Waals surface area contributed by atoms with E-state index in [1.807, 2.05) is 30.5 Å². The highest BCUT2D eigenvalue weighted by atomic mass is 16.5. The first kappa shape index (κ1) is 18.8. The third kappa shape index (κ3) is 4.16. The summed E-state index contributed by atoms with van der Waals surface area (Å²) < 4.78 is 10.9. The molecule has 1 radical (unpaired) electrons. The van der Waals surface area contributed by atoms with Gasteiger partial charge in [0.1, 0.15) is 17.3 Å². The minimum Gasteiger partial charge on any atom is -0.497 e. The van der Waals surface area contributed by atoms with Crippen LogP contribution in [0.25, 0.3) is 0 Å². The zero-order valence-corrected chi connectivity index (χ0v) is 16.6. The lowest BCUT2D eigenvalue weighted by atomic mass is 9.84. The smallest absolute Gasteiger partial charge is 0.122 e. The van der Waals surface area contributed by atoms with E-state index in [2.05, 4.69) is 58.5 Å². The highest BCUT2D eigenvalue weighted by molar-refractivity contribution is 5.59. The lowest BCUT2D eigenvalue weighted by molar-refractivity contribution is 0.410. The van der Waals surface area contributed by atoms with Crippen molar-refractivity contribution in [3.8, 4) is 11.5 Å². The summed E-state index contributed by atoms with van der Waals surface area (Å²) >= 11 is 0. The van der Waals surface area contributed by atoms with Crippen LogP contribution in [-0.2, 0) is 6.42 Å². The van der Waals surface area contributed by atoms with Crippen LogP contribution < -0.4 is 9.47 Å². The minimum absolute atomic E-state index is 0.675. The van der Waals surface area contributed by atoms with Crippen molar-refractivity contribution in [1.82, 2.24) is 9.97 Å². The van der Waals surface area contributed by atoms with Crippen molar-refractivity contribution in [1.29, 1.82) is 0 Å². The predicted molar refractivity (Wildman–Crippen MR) is 114 cm³/mol. The number of aromatic nitrogens is 2. The molecule has 29 heavy (non-hydrogen) atoms. The number of hydrogen-bond donors (Lipinski definition) is 1. The molecule has 145 valence electrons. The molecule has 0 saturated heterocycles. The molecule has 4 rings (SSSR count). The molecular formula is C25H23N2O2. The first-order chi connectivity index (χ1) is 14.3. The van der Waals surface area contributed by atoms with E-state index < -0.39 is 0 Å². The van der Waals surface area contributed by atoms with Crippen LogP contribution in [0.15, 0.2) is 85.2 Å². The SMILES string of the molecule is COc1ccc([C](c2ccccc2)c2ccc(OC)c(Cc3ncc[nH]3)c2)cc1. The Labute approximate surface area is 171 Å². The lowest BCUT2D eigenvalue weighted by Gasteiger charge is -2.20. The third-order valence-electron chi connectivity index (χ3n) is 4.92. The zero-order valence-electron chi connectivity index (χ0n) is 16.6. The van der Waals surface area contributed by atoms with Crippen LogP contribution in [-0.4, -0.2) is 24.2 Å². The molecule has 1 aromatic heterocycles. The number of benzene rings is 3. The molecular weight excluding hydrogens is 360 g/mol. The van der Waals surface area contributed by atoms with E-state index in [4.69, 9.17) is 9.47 Å². The van der Waals surface area contributed by atoms with Gasteiger partial charge in [-0.1, -0.05) is 54.6 Å². The molecule has 4 nitrogen and oxygen atoms in total. The number of ether oxygens (including phenoxy) is 2. The van der Waals surface area contributed by atoms with Crippen LogP contribution in [0.1, 0.15) is 28.1 Å². The number of nitrogens with zero attached hydrogens (tertiary/aromatic N) is 1. The number of aromatic amines is 1. The summed E-state index contributed by atoms with van der Waals surface area (Å²) in [6.45, 7) is 0. The van der Waals surface area contributed by atoms with E-state index in [1.165, 1.54) is 0 Å². The molecule has 1 N–H and O–H groups in total. The van der Waals surface area contributed by atoms with Crippen LogP contribution >= 0.6 is 0 Å². The fourth-order valence-electron chi connectivity index (χ4n) is 3.51. The second kappa shape index (κ2) is 8.65. The zero-order chi connectivity index (χ0) is 20.1. The van der Waals surface area contributed by atoms with Crippen LogP contribution in [0.4, 0.5) is 0 Å². The van der Waals surface area contributed by atoms with Gasteiger partial charge in [0, 0.05) is 24.4 Å². The van der Waals surface area contributed by atoms with Gasteiger partial charge in [0.2, 0.25) is 0 Å². The molecule has 0 atom stereocenters. The molecule has 0 saturated carbocycles. The molecule has 1 heterocycles. The Morgan fingerprint density at radius 2 is 1.55 bits per heavy atom. The van der Waals surface area contributed by atoms with Crippen molar-refractivity contribution in [3.63, 3.8) is 0 Å². The van der Waals surface area contributed by atoms with E-state index in [0.29, 0.717) is 6.42 Å². The average molecular weight is 383 g/mol. The number of rotatable bonds is 7. The normalized spacial score (nSPS) is 10.9. The Balaban J connectivity index is 1.79. The molecule has 0 aliphatic heterocycles. The van der Waals surface area contributed by atoms with Gasteiger partial charge in [-0.3, -0.25) is 0 Å². The minimum atomic E-state index is 0.675. The Morgan fingerprint density at radius 3 is 2.21 bits per heavy atom. The number of nitrogens with one attached hydrogen (secondary N) is 1. The van der Waals surface area contributed by atoms with E-state index in [0.717, 1.165) is 45.5 Å². The quantitative estimate of drug-likeness (QED) is 0.455. The maximum Gasteiger partial charge on any atom is 0.122 e. The number of hydrogen-bond acceptors (Lipinski definition) is 3. The van der Waals surface area contributed by atoms with Crippen molar-refractivity contribution in [2.45, 2.75) is 6.42 Å². The van der Waals surface area contributed by atoms with E-state index in [-0.39, 0.29) is 0 Å². The predicted octanol–water partition coefficient (Wildman–Crippen LogP) is 5.04. The number of H-pyrrole nitrogens is 1. The summed E-state index contributed by atoms with van der Waals surface area (Å²) in [7, 11) is 3.38. The standard InChI is InChI=1S/C25H23N2O2/c1-28-22-11-8-19(9-12-22)25(18-6-4-3-5-7-18)20-10-13-23(29-2)21(16-20)17-24-26-14-15-27-24/h3-16H,17H2,1-2H3,(H,26,27). The fourth-order valence-corrected chi connectivity index (χ4v) is 3.51. The Bertz CT molecular complexity index is 1040. The molecule has 0 amide bonds. The second-order valence-electron chi connectivity index (χ2n) is 6.71. The molecule has 4 aromatic rings. The van der Waals surface area contributed by atoms with Gasteiger partial charge in [0.15, 0.2) is 0 Å². The second-order valence-corrected chi connectivity index (χ2v) is 6.71. The lowest BCUT2D eigenvalue weighted by Crippen LogP contribution is -2.06. The molecule has 3 aromatic carbocycles. The van der Waals surface area contributed by atoms with Crippen molar-refractivity contribution in [2.24, 2.45) is 0 Å². The summed E-state index contributed by atoms with van der Waals surface area (Å²) in [6.07, 6.45) is 4.28. The first-order valence-corrected chi connectivity index (χ1v) is 9.51. The van der Waals surface area contributed by atoms with Gasteiger partial charge >= 0.3 is 0 Å². The van der Waals surface area contributed by atoms with Crippen molar-refractivity contribution < 1.29 is 9.47 Å². The maximum absolute atomic E-state index is 5.60. The molecule has 0 bridgehead atoms. The van der Waals surface area contributed by atoms with Crippen LogP contribution in [0, 0.1) is 5.92 Å². The van der Waals surface area contributed by atoms with E-state index in [9.17, 15) is 0 Å². The average Bonchev–Trinajstić information content (AvgIpc) is 3.28. The van der Waals surface area contributed by atoms with E-state index in [1.54, 1.807) is 20.4 Å². The first-order valence-electron chi connectivity index (χ1n) is 9.51. The number of methoxy groups -OCH3 is 2. The van der Waals surface area contributed by atoms with Crippen molar-refractivity contribution in [3.05, 3.63) is 119 Å². The van der Waals surface area contributed by atoms with E-state index >= 15 is 0 Å². The summed E-state index contributed by atoms with van der Waals surface area (Å²) in [6, 6.07) is 24.9. The molecule has 0 aliphatic carbocycles. The van der Waals surface area contributed by atoms with Crippen LogP contribution in [0.2, 0.25) is 0 Å². The molecule has 0 unspecified atom stereocenters. The topological polar surface area (TPSA) is 47.1 Å². The molecule has 4 heteroatoms. The monoisotopic (exact) mass is 383 g/mol. The summed E-state index contributed by atoms with van der Waals surface area (Å²) in [5.41, 5.74) is 4.50. The third-order valence-corrected chi connectivity index (χ3v) is 4.92. The highest BCUT2D eigenvalue weighted by Gasteiger charge is 2.19. The van der Waals surface area contributed by atoms with Gasteiger partial charge in [-0.05, 0) is 34.9 Å². The van der Waals surface area contributed by atoms with Crippen LogP contribution in [0.5, 0.6) is 11.5 Å². The molecule has 0 spiro atoms. The van der Waals surface area contributed by atoms with Gasteiger partial charge in [0.05, 0.1) is 20.1 Å². The Morgan fingerprint density at radius 1 is 0.828 bits per heavy atom.